The zero-order valence-electron chi connectivity index (χ0n) is 17.9. The fourth-order valence-corrected chi connectivity index (χ4v) is 3.77. The molecular formula is C25H21F2NO5. The van der Waals surface area contributed by atoms with Crippen LogP contribution in [0.1, 0.15) is 51.9 Å². The van der Waals surface area contributed by atoms with E-state index in [-0.39, 0.29) is 23.4 Å². The van der Waals surface area contributed by atoms with Crippen molar-refractivity contribution < 1.29 is 33.3 Å². The molecule has 1 unspecified atom stereocenters. The lowest BCUT2D eigenvalue weighted by Crippen LogP contribution is -2.29. The molecule has 33 heavy (non-hydrogen) atoms. The van der Waals surface area contributed by atoms with E-state index in [4.69, 9.17) is 4.74 Å². The lowest BCUT2D eigenvalue weighted by molar-refractivity contribution is 0.0378. The molecule has 0 spiro atoms. The molecule has 1 heterocycles. The molecule has 6 nitrogen and oxygen atoms in total. The van der Waals surface area contributed by atoms with E-state index in [0.717, 1.165) is 17.0 Å². The summed E-state index contributed by atoms with van der Waals surface area (Å²) in [4.78, 5) is 27.1. The average molecular weight is 453 g/mol. The van der Waals surface area contributed by atoms with Gasteiger partial charge in [0.2, 0.25) is 0 Å². The van der Waals surface area contributed by atoms with Gasteiger partial charge in [-0.1, -0.05) is 24.3 Å². The minimum atomic E-state index is -1.40. The zero-order valence-corrected chi connectivity index (χ0v) is 17.9. The van der Waals surface area contributed by atoms with Crippen LogP contribution in [0.15, 0.2) is 54.6 Å². The number of hydrogen-bond donors (Lipinski definition) is 2. The predicted molar refractivity (Wildman–Crippen MR) is 116 cm³/mol. The summed E-state index contributed by atoms with van der Waals surface area (Å²) < 4.78 is 32.5. The number of carbonyl (C=O) groups excluding carboxylic acids is 2. The highest BCUT2D eigenvalue weighted by Crippen LogP contribution is 2.40. The summed E-state index contributed by atoms with van der Waals surface area (Å²) in [7, 11) is 0. The molecule has 1 atom stereocenters. The quantitative estimate of drug-likeness (QED) is 0.562. The lowest BCUT2D eigenvalue weighted by atomic mass is 10.0. The molecule has 3 aromatic rings. The molecule has 0 aliphatic carbocycles. The highest BCUT2D eigenvalue weighted by molar-refractivity contribution is 6.13. The second-order valence-corrected chi connectivity index (χ2v) is 7.94. The number of nitrogens with zero attached hydrogens (tertiary/aromatic N) is 1. The maximum absolute atomic E-state index is 13.8. The second kappa shape index (κ2) is 8.73. The molecule has 2 N–H and O–H groups in total. The first kappa shape index (κ1) is 22.6. The van der Waals surface area contributed by atoms with Gasteiger partial charge in [-0.15, -0.1) is 0 Å². The van der Waals surface area contributed by atoms with Gasteiger partial charge in [-0.25, -0.2) is 13.6 Å². The third-order valence-corrected chi connectivity index (χ3v) is 5.35. The van der Waals surface area contributed by atoms with Crippen LogP contribution in [0.4, 0.5) is 14.5 Å². The maximum Gasteiger partial charge on any atom is 0.340 e. The van der Waals surface area contributed by atoms with Gasteiger partial charge in [0.05, 0.1) is 24.0 Å². The summed E-state index contributed by atoms with van der Waals surface area (Å²) in [6, 6.07) is 12.3. The third-order valence-electron chi connectivity index (χ3n) is 5.35. The molecule has 1 aliphatic rings. The molecule has 8 heteroatoms. The fraction of sp³-hybridized carbons (Fsp3) is 0.200. The van der Waals surface area contributed by atoms with Crippen molar-refractivity contribution in [1.29, 1.82) is 0 Å². The number of hydrogen-bond acceptors (Lipinski definition) is 5. The van der Waals surface area contributed by atoms with Crippen molar-refractivity contribution in [2.45, 2.75) is 32.8 Å². The SMILES string of the molecule is CC(C)OC(=O)c1ccc(-c2ccc(F)c(F)c2)cc1N1C(=O)c2cc(CO)ccc2C1O. The Balaban J connectivity index is 1.86. The van der Waals surface area contributed by atoms with E-state index in [9.17, 15) is 28.6 Å². The number of esters is 1. The van der Waals surface area contributed by atoms with Crippen molar-refractivity contribution in [3.8, 4) is 11.1 Å². The molecule has 0 saturated carbocycles. The summed E-state index contributed by atoms with van der Waals surface area (Å²) in [5, 5.41) is 20.3. The molecule has 0 fully saturated rings. The first-order valence-corrected chi connectivity index (χ1v) is 10.3. The number of ether oxygens (including phenoxy) is 1. The molecule has 0 aromatic heterocycles. The largest absolute Gasteiger partial charge is 0.459 e. The van der Waals surface area contributed by atoms with Crippen molar-refractivity contribution in [3.63, 3.8) is 0 Å². The normalized spacial score (nSPS) is 15.2. The van der Waals surface area contributed by atoms with Crippen molar-refractivity contribution in [2.75, 3.05) is 4.90 Å². The first-order chi connectivity index (χ1) is 15.7. The van der Waals surface area contributed by atoms with Crippen LogP contribution in [0.25, 0.3) is 11.1 Å². The third kappa shape index (κ3) is 4.10. The van der Waals surface area contributed by atoms with Crippen LogP contribution in [0.3, 0.4) is 0 Å². The van der Waals surface area contributed by atoms with Gasteiger partial charge < -0.3 is 14.9 Å². The van der Waals surface area contributed by atoms with Crippen molar-refractivity contribution >= 4 is 17.6 Å². The van der Waals surface area contributed by atoms with E-state index >= 15 is 0 Å². The van der Waals surface area contributed by atoms with Gasteiger partial charge in [-0.2, -0.15) is 0 Å². The molecule has 1 aliphatic heterocycles. The van der Waals surface area contributed by atoms with Crippen LogP contribution >= 0.6 is 0 Å². The summed E-state index contributed by atoms with van der Waals surface area (Å²) in [6.45, 7) is 3.07. The highest BCUT2D eigenvalue weighted by atomic mass is 19.2. The number of fused-ring (bicyclic) bond motifs is 1. The lowest BCUT2D eigenvalue weighted by Gasteiger charge is -2.24. The van der Waals surface area contributed by atoms with Crippen LogP contribution in [0.2, 0.25) is 0 Å². The van der Waals surface area contributed by atoms with Crippen LogP contribution in [-0.4, -0.2) is 28.2 Å². The van der Waals surface area contributed by atoms with Crippen LogP contribution in [0.5, 0.6) is 0 Å². The molecular weight excluding hydrogens is 432 g/mol. The first-order valence-electron chi connectivity index (χ1n) is 10.3. The number of aliphatic hydroxyl groups is 2. The predicted octanol–water partition coefficient (Wildman–Crippen LogP) is 4.34. The summed E-state index contributed by atoms with van der Waals surface area (Å²) >= 11 is 0. The number of carbonyl (C=O) groups is 2. The van der Waals surface area contributed by atoms with Gasteiger partial charge in [0.1, 0.15) is 0 Å². The van der Waals surface area contributed by atoms with Gasteiger partial charge in [0, 0.05) is 11.1 Å². The van der Waals surface area contributed by atoms with Gasteiger partial charge in [0.15, 0.2) is 17.9 Å². The topological polar surface area (TPSA) is 87.1 Å². The molecule has 0 radical (unpaired) electrons. The standard InChI is InChI=1S/C25H21F2NO5/c1-13(2)33-25(32)18-7-4-16(15-5-8-20(26)21(27)10-15)11-22(18)28-23(30)17-6-3-14(12-29)9-19(17)24(28)31/h3-11,13,23,29-30H,12H2,1-2H3. The number of benzene rings is 3. The van der Waals surface area contributed by atoms with Gasteiger partial charge in [-0.3, -0.25) is 9.69 Å². The molecule has 0 saturated heterocycles. The number of anilines is 1. The van der Waals surface area contributed by atoms with Crippen LogP contribution < -0.4 is 4.90 Å². The summed E-state index contributed by atoms with van der Waals surface area (Å²) in [5.74, 6) is -3.33. The van der Waals surface area contributed by atoms with E-state index < -0.39 is 35.8 Å². The van der Waals surface area contributed by atoms with Crippen LogP contribution in [-0.2, 0) is 11.3 Å². The Bertz CT molecular complexity index is 1260. The monoisotopic (exact) mass is 453 g/mol. The average Bonchev–Trinajstić information content (AvgIpc) is 3.04. The Hall–Kier alpha value is -3.62. The Morgan fingerprint density at radius 3 is 2.39 bits per heavy atom. The van der Waals surface area contributed by atoms with E-state index in [0.29, 0.717) is 22.3 Å². The van der Waals surface area contributed by atoms with E-state index in [1.54, 1.807) is 19.9 Å². The van der Waals surface area contributed by atoms with Gasteiger partial charge in [0.25, 0.3) is 5.91 Å². The Kier molecular flexibility index (Phi) is 5.97. The molecule has 0 bridgehead atoms. The molecule has 3 aromatic carbocycles. The van der Waals surface area contributed by atoms with Crippen molar-refractivity contribution in [2.24, 2.45) is 0 Å². The van der Waals surface area contributed by atoms with Gasteiger partial charge in [-0.05, 0) is 60.9 Å². The number of amides is 1. The second-order valence-electron chi connectivity index (χ2n) is 7.94. The van der Waals surface area contributed by atoms with Gasteiger partial charge >= 0.3 is 5.97 Å². The minimum Gasteiger partial charge on any atom is -0.459 e. The number of aliphatic hydroxyl groups excluding tert-OH is 2. The van der Waals surface area contributed by atoms with E-state index in [1.165, 1.54) is 36.4 Å². The summed E-state index contributed by atoms with van der Waals surface area (Å²) in [5.41, 5.74) is 1.80. The van der Waals surface area contributed by atoms with Crippen molar-refractivity contribution in [3.05, 3.63) is 88.5 Å². The number of halogens is 2. The highest BCUT2D eigenvalue weighted by Gasteiger charge is 2.39. The Morgan fingerprint density at radius 1 is 1.03 bits per heavy atom. The van der Waals surface area contributed by atoms with Crippen LogP contribution in [0, 0.1) is 11.6 Å². The van der Waals surface area contributed by atoms with E-state index in [2.05, 4.69) is 0 Å². The number of rotatable bonds is 5. The molecule has 1 amide bonds. The van der Waals surface area contributed by atoms with Crippen molar-refractivity contribution in [1.82, 2.24) is 0 Å². The molecule has 170 valence electrons. The van der Waals surface area contributed by atoms with E-state index in [1.807, 2.05) is 0 Å². The maximum atomic E-state index is 13.8. The molecule has 4 rings (SSSR count). The Morgan fingerprint density at radius 2 is 1.73 bits per heavy atom. The Labute approximate surface area is 188 Å². The fourth-order valence-electron chi connectivity index (χ4n) is 3.77. The summed E-state index contributed by atoms with van der Waals surface area (Å²) in [6.07, 6.45) is -1.83. The minimum absolute atomic E-state index is 0.0256. The zero-order chi connectivity index (χ0) is 23.9. The smallest absolute Gasteiger partial charge is 0.340 e.